The van der Waals surface area contributed by atoms with E-state index in [0.29, 0.717) is 5.88 Å². The van der Waals surface area contributed by atoms with E-state index in [4.69, 9.17) is 11.6 Å². The normalized spacial score (nSPS) is 15.3. The fourth-order valence-electron chi connectivity index (χ4n) is 2.78. The topological polar surface area (TPSA) is 34.0 Å². The molecule has 0 atom stereocenters. The summed E-state index contributed by atoms with van der Waals surface area (Å²) >= 11 is 5.90. The molecule has 0 amide bonds. The molecule has 0 radical (unpaired) electrons. The van der Waals surface area contributed by atoms with Gasteiger partial charge in [0.2, 0.25) is 0 Å². The van der Waals surface area contributed by atoms with Gasteiger partial charge in [-0.3, -0.25) is 4.90 Å². The zero-order chi connectivity index (χ0) is 13.9. The van der Waals surface area contributed by atoms with Crippen LogP contribution in [0.15, 0.2) is 18.3 Å². The van der Waals surface area contributed by atoms with Crippen molar-refractivity contribution < 1.29 is 0 Å². The summed E-state index contributed by atoms with van der Waals surface area (Å²) in [5.41, 5.74) is 1.96. The Balaban J connectivity index is 1.82. The maximum Gasteiger partial charge on any atom is 0.160 e. The van der Waals surface area contributed by atoms with Crippen LogP contribution < -0.4 is 0 Å². The Morgan fingerprint density at radius 2 is 2.30 bits per heavy atom. The SMILES string of the molecule is CCN(CCn1c(CCCl)nc2cccnc21)C1CC1. The molecule has 1 saturated carbocycles. The molecule has 0 unspecified atom stereocenters. The number of likely N-dealkylation sites (N-methyl/N-ethyl adjacent to an activating group) is 1. The van der Waals surface area contributed by atoms with Crippen molar-refractivity contribution >= 4 is 22.8 Å². The summed E-state index contributed by atoms with van der Waals surface area (Å²) in [5, 5.41) is 0. The molecule has 0 N–H and O–H groups in total. The van der Waals surface area contributed by atoms with Crippen LogP contribution in [0.25, 0.3) is 11.2 Å². The molecule has 20 heavy (non-hydrogen) atoms. The van der Waals surface area contributed by atoms with Crippen LogP contribution in [-0.4, -0.2) is 44.4 Å². The Morgan fingerprint density at radius 1 is 1.45 bits per heavy atom. The van der Waals surface area contributed by atoms with Crippen molar-refractivity contribution in [2.45, 2.75) is 38.8 Å². The standard InChI is InChI=1S/C15H21ClN4/c1-2-19(12-5-6-12)10-11-20-14(7-8-16)18-13-4-3-9-17-15(13)20/h3-4,9,12H,2,5-8,10-11H2,1H3. The summed E-state index contributed by atoms with van der Waals surface area (Å²) in [5.74, 6) is 1.66. The molecule has 0 saturated heterocycles. The van der Waals surface area contributed by atoms with Gasteiger partial charge in [-0.05, 0) is 31.5 Å². The first kappa shape index (κ1) is 13.8. The number of alkyl halides is 1. The lowest BCUT2D eigenvalue weighted by Crippen LogP contribution is -2.29. The first-order chi connectivity index (χ1) is 9.83. The molecule has 0 aliphatic heterocycles. The Labute approximate surface area is 124 Å². The Kier molecular flexibility index (Phi) is 4.22. The van der Waals surface area contributed by atoms with E-state index in [1.165, 1.54) is 12.8 Å². The van der Waals surface area contributed by atoms with Gasteiger partial charge in [-0.25, -0.2) is 9.97 Å². The van der Waals surface area contributed by atoms with E-state index >= 15 is 0 Å². The second-order valence-electron chi connectivity index (χ2n) is 5.32. The van der Waals surface area contributed by atoms with Crippen molar-refractivity contribution in [1.82, 2.24) is 19.4 Å². The van der Waals surface area contributed by atoms with Gasteiger partial charge in [-0.2, -0.15) is 0 Å². The summed E-state index contributed by atoms with van der Waals surface area (Å²) in [6.45, 7) is 5.38. The number of halogens is 1. The maximum absolute atomic E-state index is 5.90. The van der Waals surface area contributed by atoms with Gasteiger partial charge >= 0.3 is 0 Å². The fraction of sp³-hybridized carbons (Fsp3) is 0.600. The van der Waals surface area contributed by atoms with E-state index in [1.807, 2.05) is 18.3 Å². The Hall–Kier alpha value is -1.13. The van der Waals surface area contributed by atoms with Gasteiger partial charge in [0, 0.05) is 37.6 Å². The molecule has 1 aliphatic rings. The smallest absolute Gasteiger partial charge is 0.160 e. The number of hydrogen-bond donors (Lipinski definition) is 0. The minimum atomic E-state index is 0.601. The molecule has 108 valence electrons. The molecule has 1 fully saturated rings. The number of aromatic nitrogens is 3. The highest BCUT2D eigenvalue weighted by molar-refractivity contribution is 6.17. The monoisotopic (exact) mass is 292 g/mol. The molecule has 2 heterocycles. The number of fused-ring (bicyclic) bond motifs is 1. The van der Waals surface area contributed by atoms with Gasteiger partial charge in [0.25, 0.3) is 0 Å². The van der Waals surface area contributed by atoms with Crippen molar-refractivity contribution in [3.8, 4) is 0 Å². The van der Waals surface area contributed by atoms with Gasteiger partial charge in [0.1, 0.15) is 11.3 Å². The third kappa shape index (κ3) is 2.81. The first-order valence-electron chi connectivity index (χ1n) is 7.43. The lowest BCUT2D eigenvalue weighted by molar-refractivity contribution is 0.266. The number of rotatable bonds is 7. The third-order valence-corrected chi connectivity index (χ3v) is 4.17. The number of aryl methyl sites for hydroxylation is 1. The molecule has 5 heteroatoms. The van der Waals surface area contributed by atoms with Gasteiger partial charge in [-0.15, -0.1) is 11.6 Å². The van der Waals surface area contributed by atoms with Crippen LogP contribution in [0, 0.1) is 0 Å². The van der Waals surface area contributed by atoms with Crippen LogP contribution >= 0.6 is 11.6 Å². The van der Waals surface area contributed by atoms with Crippen LogP contribution in [0.5, 0.6) is 0 Å². The fourth-order valence-corrected chi connectivity index (χ4v) is 2.95. The molecule has 4 nitrogen and oxygen atoms in total. The van der Waals surface area contributed by atoms with E-state index in [2.05, 4.69) is 26.4 Å². The minimum Gasteiger partial charge on any atom is -0.311 e. The quantitative estimate of drug-likeness (QED) is 0.736. The van der Waals surface area contributed by atoms with Crippen LogP contribution in [-0.2, 0) is 13.0 Å². The van der Waals surface area contributed by atoms with Gasteiger partial charge < -0.3 is 4.57 Å². The van der Waals surface area contributed by atoms with Crippen LogP contribution in [0.3, 0.4) is 0 Å². The van der Waals surface area contributed by atoms with Crippen LogP contribution in [0.4, 0.5) is 0 Å². The lowest BCUT2D eigenvalue weighted by atomic mass is 10.4. The molecule has 0 bridgehead atoms. The van der Waals surface area contributed by atoms with Crippen molar-refractivity contribution in [1.29, 1.82) is 0 Å². The second-order valence-corrected chi connectivity index (χ2v) is 5.70. The molecular formula is C15H21ClN4. The lowest BCUT2D eigenvalue weighted by Gasteiger charge is -2.20. The summed E-state index contributed by atoms with van der Waals surface area (Å²) in [7, 11) is 0. The summed E-state index contributed by atoms with van der Waals surface area (Å²) in [6.07, 6.45) is 5.34. The Morgan fingerprint density at radius 3 is 3.00 bits per heavy atom. The molecule has 2 aromatic rings. The summed E-state index contributed by atoms with van der Waals surface area (Å²) in [6, 6.07) is 4.76. The van der Waals surface area contributed by atoms with E-state index in [1.54, 1.807) is 0 Å². The van der Waals surface area contributed by atoms with Gasteiger partial charge in [0.05, 0.1) is 0 Å². The van der Waals surface area contributed by atoms with Gasteiger partial charge in [0.15, 0.2) is 5.65 Å². The number of pyridine rings is 1. The molecule has 0 spiro atoms. The molecule has 2 aromatic heterocycles. The van der Waals surface area contributed by atoms with Crippen molar-refractivity contribution in [3.63, 3.8) is 0 Å². The zero-order valence-corrected chi connectivity index (χ0v) is 12.7. The zero-order valence-electron chi connectivity index (χ0n) is 11.9. The average molecular weight is 293 g/mol. The van der Waals surface area contributed by atoms with Crippen molar-refractivity contribution in [2.24, 2.45) is 0 Å². The van der Waals surface area contributed by atoms with E-state index in [9.17, 15) is 0 Å². The summed E-state index contributed by atoms with van der Waals surface area (Å²) < 4.78 is 2.24. The number of hydrogen-bond acceptors (Lipinski definition) is 3. The highest BCUT2D eigenvalue weighted by atomic mass is 35.5. The molecular weight excluding hydrogens is 272 g/mol. The summed E-state index contributed by atoms with van der Waals surface area (Å²) in [4.78, 5) is 11.7. The van der Waals surface area contributed by atoms with E-state index in [-0.39, 0.29) is 0 Å². The maximum atomic E-state index is 5.90. The highest BCUT2D eigenvalue weighted by Crippen LogP contribution is 2.26. The largest absolute Gasteiger partial charge is 0.311 e. The van der Waals surface area contributed by atoms with Crippen molar-refractivity contribution in [3.05, 3.63) is 24.2 Å². The Bertz CT molecular complexity index is 576. The average Bonchev–Trinajstić information content (AvgIpc) is 3.24. The molecule has 1 aliphatic carbocycles. The van der Waals surface area contributed by atoms with E-state index in [0.717, 1.165) is 49.1 Å². The van der Waals surface area contributed by atoms with Gasteiger partial charge in [-0.1, -0.05) is 6.92 Å². The minimum absolute atomic E-state index is 0.601. The predicted molar refractivity (Wildman–Crippen MR) is 82.2 cm³/mol. The first-order valence-corrected chi connectivity index (χ1v) is 7.97. The third-order valence-electron chi connectivity index (χ3n) is 3.98. The predicted octanol–water partition coefficient (Wildman–Crippen LogP) is 2.70. The molecule has 3 rings (SSSR count). The highest BCUT2D eigenvalue weighted by Gasteiger charge is 2.27. The van der Waals surface area contributed by atoms with E-state index < -0.39 is 0 Å². The van der Waals surface area contributed by atoms with Crippen LogP contribution in [0.2, 0.25) is 0 Å². The molecule has 0 aromatic carbocycles. The number of imidazole rings is 1. The van der Waals surface area contributed by atoms with Crippen molar-refractivity contribution in [2.75, 3.05) is 19.0 Å². The number of nitrogens with zero attached hydrogens (tertiary/aromatic N) is 4. The second kappa shape index (κ2) is 6.10. The van der Waals surface area contributed by atoms with Crippen LogP contribution in [0.1, 0.15) is 25.6 Å².